The van der Waals surface area contributed by atoms with Crippen LogP contribution < -0.4 is 4.74 Å². The van der Waals surface area contributed by atoms with Crippen molar-refractivity contribution in [2.75, 3.05) is 6.61 Å². The van der Waals surface area contributed by atoms with Gasteiger partial charge in [0.1, 0.15) is 12.0 Å². The van der Waals surface area contributed by atoms with Crippen molar-refractivity contribution >= 4 is 6.29 Å². The first-order valence-electron chi connectivity index (χ1n) is 6.04. The fraction of sp³-hybridized carbons (Fsp3) is 0.267. The van der Waals surface area contributed by atoms with E-state index < -0.39 is 0 Å². The summed E-state index contributed by atoms with van der Waals surface area (Å²) in [5.41, 5.74) is 1.12. The molecule has 18 heavy (non-hydrogen) atoms. The van der Waals surface area contributed by atoms with Gasteiger partial charge < -0.3 is 14.1 Å². The summed E-state index contributed by atoms with van der Waals surface area (Å²) in [7, 11) is 1.98. The number of rotatable bonds is 6. The number of ether oxygens (including phenoxy) is 1. The zero-order valence-corrected chi connectivity index (χ0v) is 10.5. The Morgan fingerprint density at radius 3 is 2.61 bits per heavy atom. The molecule has 2 aromatic rings. The molecular weight excluding hydrogens is 226 g/mol. The first-order valence-corrected chi connectivity index (χ1v) is 6.04. The molecule has 0 bridgehead atoms. The number of para-hydroxylation sites is 1. The third-order valence-electron chi connectivity index (χ3n) is 2.98. The summed E-state index contributed by atoms with van der Waals surface area (Å²) in [6.07, 6.45) is 3.41. The van der Waals surface area contributed by atoms with Gasteiger partial charge in [0.05, 0.1) is 6.61 Å². The van der Waals surface area contributed by atoms with Gasteiger partial charge in [-0.1, -0.05) is 18.2 Å². The van der Waals surface area contributed by atoms with Crippen LogP contribution in [0.3, 0.4) is 0 Å². The van der Waals surface area contributed by atoms with Crippen molar-refractivity contribution in [3.05, 3.63) is 54.4 Å². The van der Waals surface area contributed by atoms with E-state index in [0.717, 1.165) is 17.7 Å². The molecular formula is C15H17NO2. The maximum Gasteiger partial charge on any atom is 0.120 e. The molecule has 94 valence electrons. The Kier molecular flexibility index (Phi) is 4.18. The molecule has 1 atom stereocenters. The normalized spacial score (nSPS) is 12.1. The minimum atomic E-state index is 0.0997. The van der Waals surface area contributed by atoms with Crippen molar-refractivity contribution in [3.8, 4) is 5.75 Å². The average Bonchev–Trinajstić information content (AvgIpc) is 2.82. The molecule has 0 N–H and O–H groups in total. The smallest absolute Gasteiger partial charge is 0.120 e. The van der Waals surface area contributed by atoms with Crippen LogP contribution in [0, 0.1) is 0 Å². The van der Waals surface area contributed by atoms with Gasteiger partial charge >= 0.3 is 0 Å². The lowest BCUT2D eigenvalue weighted by molar-refractivity contribution is -0.108. The minimum absolute atomic E-state index is 0.0997. The van der Waals surface area contributed by atoms with Gasteiger partial charge in [0.15, 0.2) is 0 Å². The molecule has 0 aliphatic carbocycles. The first-order chi connectivity index (χ1) is 8.81. The largest absolute Gasteiger partial charge is 0.493 e. The summed E-state index contributed by atoms with van der Waals surface area (Å²) in [5.74, 6) is 0.935. The van der Waals surface area contributed by atoms with Crippen LogP contribution in [0.1, 0.15) is 18.0 Å². The average molecular weight is 243 g/mol. The van der Waals surface area contributed by atoms with E-state index in [4.69, 9.17) is 4.74 Å². The van der Waals surface area contributed by atoms with Crippen molar-refractivity contribution in [1.29, 1.82) is 0 Å². The van der Waals surface area contributed by atoms with Crippen LogP contribution in [0.15, 0.2) is 48.7 Å². The Hall–Kier alpha value is -2.03. The standard InChI is InChI=1S/C15H17NO2/c1-16-10-5-8-15(16)13(9-11-17)12-18-14-6-3-2-4-7-14/h2-8,10-11,13H,9,12H2,1H3/t13-/m0/s1. The fourth-order valence-electron chi connectivity index (χ4n) is 2.00. The lowest BCUT2D eigenvalue weighted by Crippen LogP contribution is -2.14. The van der Waals surface area contributed by atoms with Gasteiger partial charge in [-0.25, -0.2) is 0 Å². The number of hydrogen-bond acceptors (Lipinski definition) is 2. The van der Waals surface area contributed by atoms with Gasteiger partial charge in [-0.3, -0.25) is 0 Å². The molecule has 0 aliphatic heterocycles. The van der Waals surface area contributed by atoms with Gasteiger partial charge in [0.25, 0.3) is 0 Å². The first kappa shape index (κ1) is 12.4. The van der Waals surface area contributed by atoms with Crippen LogP contribution in [0.2, 0.25) is 0 Å². The second-order valence-electron chi connectivity index (χ2n) is 4.27. The fourth-order valence-corrected chi connectivity index (χ4v) is 2.00. The molecule has 1 aromatic heterocycles. The van der Waals surface area contributed by atoms with E-state index in [-0.39, 0.29) is 5.92 Å². The number of aromatic nitrogens is 1. The third kappa shape index (κ3) is 3.00. The van der Waals surface area contributed by atoms with Crippen LogP contribution in [-0.4, -0.2) is 17.5 Å². The second kappa shape index (κ2) is 6.05. The highest BCUT2D eigenvalue weighted by Gasteiger charge is 2.14. The van der Waals surface area contributed by atoms with E-state index in [9.17, 15) is 4.79 Å². The summed E-state index contributed by atoms with van der Waals surface area (Å²) in [6.45, 7) is 0.514. The van der Waals surface area contributed by atoms with Crippen LogP contribution in [0.25, 0.3) is 0 Å². The van der Waals surface area contributed by atoms with Gasteiger partial charge in [-0.05, 0) is 24.3 Å². The Morgan fingerprint density at radius 1 is 1.22 bits per heavy atom. The lowest BCUT2D eigenvalue weighted by Gasteiger charge is -2.16. The number of carbonyl (C=O) groups excluding carboxylic acids is 1. The van der Waals surface area contributed by atoms with E-state index in [0.29, 0.717) is 13.0 Å². The number of aryl methyl sites for hydroxylation is 1. The Morgan fingerprint density at radius 2 is 2.00 bits per heavy atom. The zero-order valence-electron chi connectivity index (χ0n) is 10.5. The van der Waals surface area contributed by atoms with E-state index >= 15 is 0 Å². The third-order valence-corrected chi connectivity index (χ3v) is 2.98. The molecule has 0 fully saturated rings. The Bertz CT molecular complexity index is 490. The molecule has 0 spiro atoms. The highest BCUT2D eigenvalue weighted by molar-refractivity contribution is 5.51. The van der Waals surface area contributed by atoms with Crippen molar-refractivity contribution in [2.24, 2.45) is 7.05 Å². The van der Waals surface area contributed by atoms with Crippen molar-refractivity contribution in [2.45, 2.75) is 12.3 Å². The molecule has 0 radical (unpaired) electrons. The molecule has 3 heteroatoms. The van der Waals surface area contributed by atoms with Crippen LogP contribution in [0.4, 0.5) is 0 Å². The lowest BCUT2D eigenvalue weighted by atomic mass is 10.0. The molecule has 1 heterocycles. The number of nitrogens with zero attached hydrogens (tertiary/aromatic N) is 1. The molecule has 2 rings (SSSR count). The summed E-state index contributed by atoms with van der Waals surface area (Å²) in [6, 6.07) is 13.7. The molecule has 0 aliphatic rings. The van der Waals surface area contributed by atoms with E-state index in [2.05, 4.69) is 0 Å². The summed E-state index contributed by atoms with van der Waals surface area (Å²) in [4.78, 5) is 10.8. The molecule has 1 aromatic carbocycles. The van der Waals surface area contributed by atoms with Crippen molar-refractivity contribution in [3.63, 3.8) is 0 Å². The summed E-state index contributed by atoms with van der Waals surface area (Å²) >= 11 is 0. The topological polar surface area (TPSA) is 31.2 Å². The monoisotopic (exact) mass is 243 g/mol. The van der Waals surface area contributed by atoms with Crippen LogP contribution in [0.5, 0.6) is 5.75 Å². The Balaban J connectivity index is 2.03. The zero-order chi connectivity index (χ0) is 12.8. The number of aldehydes is 1. The predicted octanol–water partition coefficient (Wildman–Crippen LogP) is 2.78. The van der Waals surface area contributed by atoms with E-state index in [1.165, 1.54) is 0 Å². The number of hydrogen-bond donors (Lipinski definition) is 0. The van der Waals surface area contributed by atoms with E-state index in [1.54, 1.807) is 0 Å². The van der Waals surface area contributed by atoms with Gasteiger partial charge in [0, 0.05) is 31.3 Å². The second-order valence-corrected chi connectivity index (χ2v) is 4.27. The molecule has 0 saturated carbocycles. The highest BCUT2D eigenvalue weighted by Crippen LogP contribution is 2.20. The van der Waals surface area contributed by atoms with E-state index in [1.807, 2.05) is 60.3 Å². The highest BCUT2D eigenvalue weighted by atomic mass is 16.5. The van der Waals surface area contributed by atoms with Crippen molar-refractivity contribution < 1.29 is 9.53 Å². The van der Waals surface area contributed by atoms with Crippen LogP contribution in [-0.2, 0) is 11.8 Å². The SMILES string of the molecule is Cn1cccc1[C@@H](CC=O)COc1ccccc1. The van der Waals surface area contributed by atoms with Gasteiger partial charge in [0.2, 0.25) is 0 Å². The number of carbonyl (C=O) groups is 1. The molecule has 0 saturated heterocycles. The Labute approximate surface area is 107 Å². The predicted molar refractivity (Wildman–Crippen MR) is 70.8 cm³/mol. The minimum Gasteiger partial charge on any atom is -0.493 e. The maximum absolute atomic E-state index is 10.8. The van der Waals surface area contributed by atoms with Gasteiger partial charge in [-0.15, -0.1) is 0 Å². The van der Waals surface area contributed by atoms with Crippen molar-refractivity contribution in [1.82, 2.24) is 4.57 Å². The summed E-state index contributed by atoms with van der Waals surface area (Å²) in [5, 5.41) is 0. The van der Waals surface area contributed by atoms with Gasteiger partial charge in [-0.2, -0.15) is 0 Å². The van der Waals surface area contributed by atoms with Crippen LogP contribution >= 0.6 is 0 Å². The molecule has 0 amide bonds. The quantitative estimate of drug-likeness (QED) is 0.730. The molecule has 3 nitrogen and oxygen atoms in total. The summed E-state index contributed by atoms with van der Waals surface area (Å²) < 4.78 is 7.76. The number of benzene rings is 1. The maximum atomic E-state index is 10.8. The molecule has 0 unspecified atom stereocenters.